The number of nitrogens with zero attached hydrogens (tertiary/aromatic N) is 1. The number of carboxylic acids is 1. The number of nitrogens with one attached hydrogen (secondary N) is 1. The molecule has 0 aliphatic carbocycles. The highest BCUT2D eigenvalue weighted by molar-refractivity contribution is 7.09. The van der Waals surface area contributed by atoms with Crippen molar-refractivity contribution >= 4 is 17.3 Å². The number of carboxylic acid groups (broad SMARTS) is 1. The van der Waals surface area contributed by atoms with Gasteiger partial charge in [-0.25, -0.2) is 4.98 Å². The Hall–Kier alpha value is -1.72. The lowest BCUT2D eigenvalue weighted by atomic mass is 10.1. The van der Waals surface area contributed by atoms with Crippen LogP contribution in [0.25, 0.3) is 0 Å². The van der Waals surface area contributed by atoms with Crippen molar-refractivity contribution in [1.29, 1.82) is 0 Å². The zero-order valence-corrected chi connectivity index (χ0v) is 11.4. The Balaban J connectivity index is 2.19. The molecule has 2 atom stereocenters. The molecule has 2 rings (SSSR count). The van der Waals surface area contributed by atoms with Crippen LogP contribution in [0.15, 0.2) is 41.9 Å². The average Bonchev–Trinajstić information content (AvgIpc) is 2.94. The van der Waals surface area contributed by atoms with E-state index in [2.05, 4.69) is 10.3 Å². The van der Waals surface area contributed by atoms with E-state index in [-0.39, 0.29) is 6.04 Å². The third-order valence-corrected chi connectivity index (χ3v) is 3.79. The minimum absolute atomic E-state index is 0.0405. The Kier molecular flexibility index (Phi) is 4.65. The number of thiazole rings is 1. The molecule has 5 heteroatoms. The van der Waals surface area contributed by atoms with Gasteiger partial charge in [0.15, 0.2) is 0 Å². The summed E-state index contributed by atoms with van der Waals surface area (Å²) in [4.78, 5) is 15.7. The molecule has 2 unspecified atom stereocenters. The maximum absolute atomic E-state index is 11.4. The summed E-state index contributed by atoms with van der Waals surface area (Å²) in [5, 5.41) is 15.4. The molecule has 0 fully saturated rings. The fourth-order valence-corrected chi connectivity index (χ4v) is 2.71. The number of carbonyl (C=O) groups is 1. The van der Waals surface area contributed by atoms with Crippen LogP contribution in [0.4, 0.5) is 0 Å². The Labute approximate surface area is 116 Å². The number of benzene rings is 1. The molecule has 0 bridgehead atoms. The van der Waals surface area contributed by atoms with Crippen molar-refractivity contribution in [1.82, 2.24) is 10.3 Å². The predicted molar refractivity (Wildman–Crippen MR) is 75.1 cm³/mol. The molecule has 1 aromatic carbocycles. The fraction of sp³-hybridized carbons (Fsp3) is 0.286. The van der Waals surface area contributed by atoms with Crippen molar-refractivity contribution in [2.24, 2.45) is 0 Å². The molecule has 0 saturated carbocycles. The van der Waals surface area contributed by atoms with Gasteiger partial charge >= 0.3 is 5.97 Å². The maximum atomic E-state index is 11.4. The molecular formula is C14H16N2O2S. The van der Waals surface area contributed by atoms with Gasteiger partial charge in [-0.1, -0.05) is 37.3 Å². The standard InChI is InChI=1S/C14H16N2O2S/c1-2-11(13-15-8-9-19-13)16-12(14(17)18)10-6-4-3-5-7-10/h3-9,11-12,16H,2H2,1H3,(H,17,18). The van der Waals surface area contributed by atoms with E-state index < -0.39 is 12.0 Å². The van der Waals surface area contributed by atoms with Gasteiger partial charge < -0.3 is 5.11 Å². The molecule has 4 nitrogen and oxygen atoms in total. The zero-order chi connectivity index (χ0) is 13.7. The van der Waals surface area contributed by atoms with E-state index in [1.807, 2.05) is 42.6 Å². The van der Waals surface area contributed by atoms with Crippen LogP contribution in [0.3, 0.4) is 0 Å². The molecule has 0 aliphatic rings. The largest absolute Gasteiger partial charge is 0.480 e. The molecule has 100 valence electrons. The number of aromatic nitrogens is 1. The Morgan fingerprint density at radius 1 is 1.42 bits per heavy atom. The Morgan fingerprint density at radius 2 is 2.16 bits per heavy atom. The maximum Gasteiger partial charge on any atom is 0.325 e. The summed E-state index contributed by atoms with van der Waals surface area (Å²) in [5.74, 6) is -0.874. The summed E-state index contributed by atoms with van der Waals surface area (Å²) in [6.07, 6.45) is 2.53. The summed E-state index contributed by atoms with van der Waals surface area (Å²) in [6.45, 7) is 2.02. The summed E-state index contributed by atoms with van der Waals surface area (Å²) in [6, 6.07) is 8.45. The van der Waals surface area contributed by atoms with Crippen molar-refractivity contribution in [3.05, 3.63) is 52.5 Å². The molecule has 1 heterocycles. The monoisotopic (exact) mass is 276 g/mol. The molecule has 0 saturated heterocycles. The molecule has 2 N–H and O–H groups in total. The lowest BCUT2D eigenvalue weighted by Gasteiger charge is -2.21. The van der Waals surface area contributed by atoms with Gasteiger partial charge in [0.05, 0.1) is 6.04 Å². The Bertz CT molecular complexity index is 514. The SMILES string of the molecule is CCC(NC(C(=O)O)c1ccccc1)c1nccs1. The van der Waals surface area contributed by atoms with Crippen molar-refractivity contribution in [3.63, 3.8) is 0 Å². The van der Waals surface area contributed by atoms with E-state index in [0.29, 0.717) is 0 Å². The number of hydrogen-bond acceptors (Lipinski definition) is 4. The topological polar surface area (TPSA) is 62.2 Å². The molecule has 1 aromatic heterocycles. The normalized spacial score (nSPS) is 13.9. The van der Waals surface area contributed by atoms with Crippen LogP contribution >= 0.6 is 11.3 Å². The van der Waals surface area contributed by atoms with Crippen LogP contribution in [0.5, 0.6) is 0 Å². The first-order chi connectivity index (χ1) is 9.22. The molecule has 0 amide bonds. The first kappa shape index (κ1) is 13.7. The van der Waals surface area contributed by atoms with Crippen molar-refractivity contribution < 1.29 is 9.90 Å². The van der Waals surface area contributed by atoms with Crippen LogP contribution in [0.2, 0.25) is 0 Å². The van der Waals surface area contributed by atoms with Gasteiger partial charge in [0.25, 0.3) is 0 Å². The van der Waals surface area contributed by atoms with Crippen LogP contribution in [0, 0.1) is 0 Å². The van der Waals surface area contributed by atoms with E-state index in [9.17, 15) is 9.90 Å². The summed E-state index contributed by atoms with van der Waals surface area (Å²) < 4.78 is 0. The van der Waals surface area contributed by atoms with E-state index in [1.165, 1.54) is 11.3 Å². The second kappa shape index (κ2) is 6.45. The molecule has 0 aliphatic heterocycles. The minimum Gasteiger partial charge on any atom is -0.480 e. The van der Waals surface area contributed by atoms with Gasteiger partial charge in [-0.2, -0.15) is 0 Å². The average molecular weight is 276 g/mol. The van der Waals surface area contributed by atoms with Crippen LogP contribution in [-0.2, 0) is 4.79 Å². The van der Waals surface area contributed by atoms with Crippen LogP contribution in [-0.4, -0.2) is 16.1 Å². The van der Waals surface area contributed by atoms with Crippen LogP contribution in [0.1, 0.15) is 36.0 Å². The molecule has 0 radical (unpaired) electrons. The van der Waals surface area contributed by atoms with E-state index >= 15 is 0 Å². The lowest BCUT2D eigenvalue weighted by molar-refractivity contribution is -0.139. The first-order valence-electron chi connectivity index (χ1n) is 6.15. The first-order valence-corrected chi connectivity index (χ1v) is 7.03. The quantitative estimate of drug-likeness (QED) is 0.851. The second-order valence-corrected chi connectivity index (χ2v) is 5.11. The van der Waals surface area contributed by atoms with E-state index in [1.54, 1.807) is 6.20 Å². The van der Waals surface area contributed by atoms with Gasteiger partial charge in [-0.3, -0.25) is 10.1 Å². The smallest absolute Gasteiger partial charge is 0.325 e. The van der Waals surface area contributed by atoms with E-state index in [0.717, 1.165) is 17.0 Å². The van der Waals surface area contributed by atoms with Crippen LogP contribution < -0.4 is 5.32 Å². The fourth-order valence-electron chi connectivity index (χ4n) is 1.93. The molecular weight excluding hydrogens is 260 g/mol. The van der Waals surface area contributed by atoms with Gasteiger partial charge in [0.1, 0.15) is 11.0 Å². The summed E-state index contributed by atoms with van der Waals surface area (Å²) in [7, 11) is 0. The molecule has 19 heavy (non-hydrogen) atoms. The van der Waals surface area contributed by atoms with Crippen molar-refractivity contribution in [3.8, 4) is 0 Å². The van der Waals surface area contributed by atoms with Gasteiger partial charge in [-0.15, -0.1) is 11.3 Å². The molecule has 2 aromatic rings. The van der Waals surface area contributed by atoms with Crippen molar-refractivity contribution in [2.75, 3.05) is 0 Å². The second-order valence-electron chi connectivity index (χ2n) is 4.18. The Morgan fingerprint density at radius 3 is 2.68 bits per heavy atom. The van der Waals surface area contributed by atoms with Crippen molar-refractivity contribution in [2.45, 2.75) is 25.4 Å². The minimum atomic E-state index is -0.874. The number of aliphatic carboxylic acids is 1. The third-order valence-electron chi connectivity index (χ3n) is 2.91. The third kappa shape index (κ3) is 3.39. The van der Waals surface area contributed by atoms with Gasteiger partial charge in [-0.05, 0) is 12.0 Å². The van der Waals surface area contributed by atoms with Gasteiger partial charge in [0.2, 0.25) is 0 Å². The van der Waals surface area contributed by atoms with Gasteiger partial charge in [0, 0.05) is 11.6 Å². The summed E-state index contributed by atoms with van der Waals surface area (Å²) >= 11 is 1.54. The number of hydrogen-bond donors (Lipinski definition) is 2. The number of rotatable bonds is 6. The van der Waals surface area contributed by atoms with E-state index in [4.69, 9.17) is 0 Å². The zero-order valence-electron chi connectivity index (χ0n) is 10.6. The summed E-state index contributed by atoms with van der Waals surface area (Å²) in [5.41, 5.74) is 0.755. The highest BCUT2D eigenvalue weighted by Crippen LogP contribution is 2.23. The lowest BCUT2D eigenvalue weighted by Crippen LogP contribution is -2.31. The highest BCUT2D eigenvalue weighted by atomic mass is 32.1. The predicted octanol–water partition coefficient (Wildman–Crippen LogP) is 3.01. The highest BCUT2D eigenvalue weighted by Gasteiger charge is 2.24. The molecule has 0 spiro atoms.